The minimum atomic E-state index is 0.116. The van der Waals surface area contributed by atoms with Crippen molar-refractivity contribution < 1.29 is 4.79 Å². The van der Waals surface area contributed by atoms with Gasteiger partial charge < -0.3 is 10.2 Å². The molecular weight excluding hydrogens is 252 g/mol. The zero-order valence-electron chi connectivity index (χ0n) is 12.9. The van der Waals surface area contributed by atoms with Crippen LogP contribution in [0.15, 0.2) is 6.20 Å². The first-order chi connectivity index (χ1) is 9.61. The molecule has 1 aromatic rings. The van der Waals surface area contributed by atoms with Crippen LogP contribution in [0.4, 0.5) is 0 Å². The van der Waals surface area contributed by atoms with E-state index in [0.29, 0.717) is 6.04 Å². The molecule has 5 nitrogen and oxygen atoms in total. The van der Waals surface area contributed by atoms with Gasteiger partial charge in [-0.3, -0.25) is 9.48 Å². The van der Waals surface area contributed by atoms with Crippen LogP contribution >= 0.6 is 0 Å². The van der Waals surface area contributed by atoms with Crippen LogP contribution in [-0.4, -0.2) is 46.3 Å². The number of hydrogen-bond acceptors (Lipinski definition) is 3. The fourth-order valence-electron chi connectivity index (χ4n) is 2.87. The predicted molar refractivity (Wildman–Crippen MR) is 79.8 cm³/mol. The Morgan fingerprint density at radius 1 is 1.55 bits per heavy atom. The normalized spacial score (nSPS) is 19.1. The van der Waals surface area contributed by atoms with E-state index in [1.54, 1.807) is 4.68 Å². The average Bonchev–Trinajstić information content (AvgIpc) is 2.77. The molecule has 1 fully saturated rings. The topological polar surface area (TPSA) is 50.2 Å². The van der Waals surface area contributed by atoms with Crippen molar-refractivity contribution in [1.82, 2.24) is 20.0 Å². The van der Waals surface area contributed by atoms with Gasteiger partial charge in [-0.05, 0) is 32.7 Å². The maximum atomic E-state index is 12.7. The van der Waals surface area contributed by atoms with Crippen molar-refractivity contribution in [2.24, 2.45) is 7.05 Å². The second-order valence-electron chi connectivity index (χ2n) is 5.70. The molecule has 0 spiro atoms. The van der Waals surface area contributed by atoms with E-state index in [0.717, 1.165) is 37.3 Å². The fraction of sp³-hybridized carbons (Fsp3) is 0.733. The van der Waals surface area contributed by atoms with Gasteiger partial charge in [-0.15, -0.1) is 0 Å². The third kappa shape index (κ3) is 3.60. The van der Waals surface area contributed by atoms with E-state index in [9.17, 15) is 4.79 Å². The van der Waals surface area contributed by atoms with Gasteiger partial charge >= 0.3 is 0 Å². The second kappa shape index (κ2) is 6.88. The average molecular weight is 278 g/mol. The van der Waals surface area contributed by atoms with Crippen LogP contribution in [0.25, 0.3) is 0 Å². The van der Waals surface area contributed by atoms with Crippen LogP contribution < -0.4 is 5.32 Å². The molecular formula is C15H26N4O. The first-order valence-corrected chi connectivity index (χ1v) is 7.64. The Balaban J connectivity index is 2.06. The van der Waals surface area contributed by atoms with Gasteiger partial charge in [-0.2, -0.15) is 5.10 Å². The van der Waals surface area contributed by atoms with Gasteiger partial charge in [-0.25, -0.2) is 0 Å². The lowest BCUT2D eigenvalue weighted by Gasteiger charge is -2.30. The molecule has 5 heteroatoms. The summed E-state index contributed by atoms with van der Waals surface area (Å²) in [6.45, 7) is 6.71. The van der Waals surface area contributed by atoms with Gasteiger partial charge in [0.2, 0.25) is 0 Å². The number of carbonyl (C=O) groups excluding carboxylic acids is 1. The minimum absolute atomic E-state index is 0.116. The molecule has 1 saturated heterocycles. The maximum absolute atomic E-state index is 12.7. The maximum Gasteiger partial charge on any atom is 0.257 e. The van der Waals surface area contributed by atoms with E-state index in [1.807, 2.05) is 25.1 Å². The van der Waals surface area contributed by atoms with E-state index >= 15 is 0 Å². The van der Waals surface area contributed by atoms with Crippen molar-refractivity contribution in [2.75, 3.05) is 19.6 Å². The van der Waals surface area contributed by atoms with Gasteiger partial charge in [0, 0.05) is 32.4 Å². The van der Waals surface area contributed by atoms with E-state index in [1.165, 1.54) is 19.3 Å². The Labute approximate surface area is 121 Å². The number of aryl methyl sites for hydroxylation is 2. The number of carbonyl (C=O) groups is 1. The number of aromatic nitrogens is 2. The molecule has 1 aromatic heterocycles. The largest absolute Gasteiger partial charge is 0.337 e. The SMILES string of the molecule is CCCN(CC1CCCCN1)C(=O)c1cn(C)nc1C. The smallest absolute Gasteiger partial charge is 0.257 e. The first-order valence-electron chi connectivity index (χ1n) is 7.64. The standard InChI is InChI=1S/C15H26N4O/c1-4-9-19(10-13-7-5-6-8-16-13)15(20)14-11-18(3)17-12(14)2/h11,13,16H,4-10H2,1-3H3. The number of hydrogen-bond donors (Lipinski definition) is 1. The van der Waals surface area contributed by atoms with Gasteiger partial charge in [0.15, 0.2) is 0 Å². The van der Waals surface area contributed by atoms with Crippen molar-refractivity contribution in [3.05, 3.63) is 17.5 Å². The summed E-state index contributed by atoms with van der Waals surface area (Å²) in [4.78, 5) is 14.7. The lowest BCUT2D eigenvalue weighted by Crippen LogP contribution is -2.46. The van der Waals surface area contributed by atoms with Crippen molar-refractivity contribution >= 4 is 5.91 Å². The molecule has 1 amide bonds. The number of piperidine rings is 1. The number of nitrogens with one attached hydrogen (secondary N) is 1. The molecule has 112 valence electrons. The zero-order valence-corrected chi connectivity index (χ0v) is 12.9. The third-order valence-corrected chi connectivity index (χ3v) is 3.88. The van der Waals surface area contributed by atoms with Crippen LogP contribution in [0.2, 0.25) is 0 Å². The number of nitrogens with zero attached hydrogens (tertiary/aromatic N) is 3. The van der Waals surface area contributed by atoms with E-state index in [4.69, 9.17) is 0 Å². The van der Waals surface area contributed by atoms with Crippen LogP contribution in [0, 0.1) is 6.92 Å². The molecule has 2 rings (SSSR count). The summed E-state index contributed by atoms with van der Waals surface area (Å²) in [5.74, 6) is 0.116. The third-order valence-electron chi connectivity index (χ3n) is 3.88. The summed E-state index contributed by atoms with van der Waals surface area (Å²) >= 11 is 0. The summed E-state index contributed by atoms with van der Waals surface area (Å²) in [6, 6.07) is 0.441. The van der Waals surface area contributed by atoms with Crippen molar-refractivity contribution in [3.63, 3.8) is 0 Å². The van der Waals surface area contributed by atoms with Crippen molar-refractivity contribution in [1.29, 1.82) is 0 Å². The van der Waals surface area contributed by atoms with Gasteiger partial charge in [0.25, 0.3) is 5.91 Å². The highest BCUT2D eigenvalue weighted by atomic mass is 16.2. The number of amides is 1. The van der Waals surface area contributed by atoms with Gasteiger partial charge in [-0.1, -0.05) is 13.3 Å². The lowest BCUT2D eigenvalue weighted by molar-refractivity contribution is 0.0731. The molecule has 0 bridgehead atoms. The molecule has 0 aromatic carbocycles. The first kappa shape index (κ1) is 15.0. The minimum Gasteiger partial charge on any atom is -0.337 e. The molecule has 0 aliphatic carbocycles. The van der Waals surface area contributed by atoms with E-state index in [2.05, 4.69) is 17.3 Å². The Hall–Kier alpha value is -1.36. The van der Waals surface area contributed by atoms with Crippen LogP contribution in [-0.2, 0) is 7.05 Å². The fourth-order valence-corrected chi connectivity index (χ4v) is 2.87. The molecule has 1 aliphatic heterocycles. The zero-order chi connectivity index (χ0) is 14.5. The molecule has 2 heterocycles. The molecule has 0 radical (unpaired) electrons. The lowest BCUT2D eigenvalue weighted by atomic mass is 10.0. The molecule has 1 unspecified atom stereocenters. The van der Waals surface area contributed by atoms with Crippen LogP contribution in [0.5, 0.6) is 0 Å². The van der Waals surface area contributed by atoms with Gasteiger partial charge in [0.05, 0.1) is 11.3 Å². The predicted octanol–water partition coefficient (Wildman–Crippen LogP) is 1.72. The number of rotatable bonds is 5. The van der Waals surface area contributed by atoms with Crippen LogP contribution in [0.3, 0.4) is 0 Å². The second-order valence-corrected chi connectivity index (χ2v) is 5.70. The monoisotopic (exact) mass is 278 g/mol. The van der Waals surface area contributed by atoms with Crippen molar-refractivity contribution in [2.45, 2.75) is 45.6 Å². The Kier molecular flexibility index (Phi) is 5.17. The molecule has 1 atom stereocenters. The van der Waals surface area contributed by atoms with Gasteiger partial charge in [0.1, 0.15) is 0 Å². The Morgan fingerprint density at radius 2 is 2.35 bits per heavy atom. The molecule has 1 N–H and O–H groups in total. The van der Waals surface area contributed by atoms with E-state index in [-0.39, 0.29) is 5.91 Å². The van der Waals surface area contributed by atoms with Crippen molar-refractivity contribution in [3.8, 4) is 0 Å². The quantitative estimate of drug-likeness (QED) is 0.892. The summed E-state index contributed by atoms with van der Waals surface area (Å²) in [5.41, 5.74) is 1.55. The summed E-state index contributed by atoms with van der Waals surface area (Å²) in [6.07, 6.45) is 6.49. The highest BCUT2D eigenvalue weighted by Gasteiger charge is 2.23. The van der Waals surface area contributed by atoms with E-state index < -0.39 is 0 Å². The molecule has 0 saturated carbocycles. The van der Waals surface area contributed by atoms with Crippen LogP contribution in [0.1, 0.15) is 48.7 Å². The summed E-state index contributed by atoms with van der Waals surface area (Å²) in [5, 5.41) is 7.79. The Morgan fingerprint density at radius 3 is 2.90 bits per heavy atom. The highest BCUT2D eigenvalue weighted by Crippen LogP contribution is 2.13. The Bertz CT molecular complexity index is 449. The molecule has 20 heavy (non-hydrogen) atoms. The summed E-state index contributed by atoms with van der Waals surface area (Å²) < 4.78 is 1.71. The summed E-state index contributed by atoms with van der Waals surface area (Å²) in [7, 11) is 1.86. The highest BCUT2D eigenvalue weighted by molar-refractivity contribution is 5.95. The molecule has 1 aliphatic rings.